The zero-order valence-electron chi connectivity index (χ0n) is 13.5. The molecule has 3 rings (SSSR count). The molecule has 0 aromatic heterocycles. The van der Waals surface area contributed by atoms with Gasteiger partial charge in [-0.15, -0.1) is 0 Å². The van der Waals surface area contributed by atoms with Crippen molar-refractivity contribution in [3.05, 3.63) is 53.6 Å². The summed E-state index contributed by atoms with van der Waals surface area (Å²) >= 11 is 4.37. The van der Waals surface area contributed by atoms with Crippen LogP contribution in [0.4, 0.5) is 0 Å². The maximum atomic E-state index is 11.8. The third kappa shape index (κ3) is 4.21. The van der Waals surface area contributed by atoms with E-state index in [2.05, 4.69) is 17.5 Å². The Balaban J connectivity index is 2.02. The van der Waals surface area contributed by atoms with Crippen molar-refractivity contribution in [2.45, 2.75) is 16.7 Å². The SMILES string of the molecule is CC1=BB(c2ccc(C=Cc3ccccc3S)c(S(=O)(=O)O)c2)N=C1. The van der Waals surface area contributed by atoms with Crippen LogP contribution in [0.15, 0.2) is 57.2 Å². The van der Waals surface area contributed by atoms with Crippen LogP contribution in [0.1, 0.15) is 18.1 Å². The summed E-state index contributed by atoms with van der Waals surface area (Å²) in [5.41, 5.74) is 3.00. The molecular formula is C17H15B2NO3S2. The summed E-state index contributed by atoms with van der Waals surface area (Å²) in [6, 6.07) is 12.4. The van der Waals surface area contributed by atoms with Crippen LogP contribution < -0.4 is 5.46 Å². The predicted molar refractivity (Wildman–Crippen MR) is 109 cm³/mol. The van der Waals surface area contributed by atoms with Gasteiger partial charge in [-0.05, 0) is 0 Å². The first kappa shape index (κ1) is 17.9. The van der Waals surface area contributed by atoms with Crippen molar-refractivity contribution in [3.8, 4) is 0 Å². The van der Waals surface area contributed by atoms with E-state index < -0.39 is 10.1 Å². The second-order valence-electron chi connectivity index (χ2n) is 5.80. The molecule has 8 heteroatoms. The Bertz CT molecular complexity index is 1010. The van der Waals surface area contributed by atoms with Gasteiger partial charge in [0, 0.05) is 0 Å². The van der Waals surface area contributed by atoms with Gasteiger partial charge in [0.15, 0.2) is 0 Å². The van der Waals surface area contributed by atoms with Gasteiger partial charge in [-0.1, -0.05) is 0 Å². The first-order chi connectivity index (χ1) is 11.8. The van der Waals surface area contributed by atoms with E-state index >= 15 is 0 Å². The van der Waals surface area contributed by atoms with Gasteiger partial charge in [0.2, 0.25) is 0 Å². The van der Waals surface area contributed by atoms with Crippen LogP contribution in [0.2, 0.25) is 0 Å². The molecule has 0 aliphatic carbocycles. The second kappa shape index (κ2) is 7.15. The van der Waals surface area contributed by atoms with E-state index in [1.807, 2.05) is 44.1 Å². The van der Waals surface area contributed by atoms with Crippen LogP contribution in [0.3, 0.4) is 0 Å². The Hall–Kier alpha value is -1.89. The van der Waals surface area contributed by atoms with Gasteiger partial charge >= 0.3 is 154 Å². The molecule has 1 N–H and O–H groups in total. The van der Waals surface area contributed by atoms with Crippen LogP contribution in [-0.4, -0.2) is 38.2 Å². The fourth-order valence-electron chi connectivity index (χ4n) is 2.62. The van der Waals surface area contributed by atoms with E-state index in [1.165, 1.54) is 6.07 Å². The summed E-state index contributed by atoms with van der Waals surface area (Å²) in [6.45, 7) is 3.64. The third-order valence-corrected chi connectivity index (χ3v) is 5.21. The number of nitrogens with zero attached hydrogens (tertiary/aromatic N) is 1. The normalized spacial score (nSPS) is 14.0. The number of hydrogen-bond acceptors (Lipinski definition) is 4. The van der Waals surface area contributed by atoms with Gasteiger partial charge in [-0.3, -0.25) is 0 Å². The molecule has 0 amide bonds. The molecule has 2 aromatic rings. The van der Waals surface area contributed by atoms with Gasteiger partial charge < -0.3 is 0 Å². The monoisotopic (exact) mass is 367 g/mol. The van der Waals surface area contributed by atoms with Crippen molar-refractivity contribution in [1.82, 2.24) is 0 Å². The van der Waals surface area contributed by atoms with Crippen molar-refractivity contribution >= 4 is 65.6 Å². The van der Waals surface area contributed by atoms with Crippen LogP contribution in [0, 0.1) is 0 Å². The number of rotatable bonds is 4. The Kier molecular flexibility index (Phi) is 5.13. The van der Waals surface area contributed by atoms with Crippen LogP contribution in [0.5, 0.6) is 0 Å². The Morgan fingerprint density at radius 2 is 1.88 bits per heavy atom. The first-order valence-electron chi connectivity index (χ1n) is 7.64. The molecule has 124 valence electrons. The van der Waals surface area contributed by atoms with E-state index in [-0.39, 0.29) is 11.6 Å². The maximum absolute atomic E-state index is 11.8. The molecule has 1 heterocycles. The van der Waals surface area contributed by atoms with Crippen molar-refractivity contribution in [1.29, 1.82) is 0 Å². The van der Waals surface area contributed by atoms with E-state index in [0.29, 0.717) is 11.0 Å². The molecule has 0 spiro atoms. The summed E-state index contributed by atoms with van der Waals surface area (Å²) < 4.78 is 33.2. The standard InChI is InChI=1S/C17H15B2NO3S2/c1-12-11-20-19(18-12)15-9-8-14(17(10-15)25(21,22)23)7-6-13-4-2-3-5-16(13)24/h2-11,24H,1H3,(H,21,22,23). The topological polar surface area (TPSA) is 66.7 Å². The summed E-state index contributed by atoms with van der Waals surface area (Å²) in [7, 11) is -4.36. The molecule has 1 aliphatic heterocycles. The van der Waals surface area contributed by atoms with Gasteiger partial charge in [0.25, 0.3) is 0 Å². The Labute approximate surface area is 153 Å². The summed E-state index contributed by atoms with van der Waals surface area (Å²) in [5, 5.41) is 0. The predicted octanol–water partition coefficient (Wildman–Crippen LogP) is 2.07. The van der Waals surface area contributed by atoms with Crippen molar-refractivity contribution in [2.24, 2.45) is 4.90 Å². The molecule has 0 radical (unpaired) electrons. The molecule has 0 saturated heterocycles. The summed E-state index contributed by atoms with van der Waals surface area (Å²) in [6.07, 6.45) is 5.17. The van der Waals surface area contributed by atoms with Crippen molar-refractivity contribution < 1.29 is 13.0 Å². The number of hydrogen-bond donors (Lipinski definition) is 2. The molecular weight excluding hydrogens is 352 g/mol. The van der Waals surface area contributed by atoms with Crippen LogP contribution in [0.25, 0.3) is 12.2 Å². The van der Waals surface area contributed by atoms with Gasteiger partial charge in [-0.2, -0.15) is 0 Å². The van der Waals surface area contributed by atoms with Gasteiger partial charge in [0.05, 0.1) is 0 Å². The van der Waals surface area contributed by atoms with Gasteiger partial charge in [0.1, 0.15) is 0 Å². The molecule has 4 nitrogen and oxygen atoms in total. The summed E-state index contributed by atoms with van der Waals surface area (Å²) in [5.74, 6) is 0. The average molecular weight is 367 g/mol. The minimum atomic E-state index is -4.36. The molecule has 0 bridgehead atoms. The molecule has 1 aliphatic rings. The van der Waals surface area contributed by atoms with Crippen molar-refractivity contribution in [3.63, 3.8) is 0 Å². The third-order valence-electron chi connectivity index (χ3n) is 3.90. The molecule has 0 fully saturated rings. The first-order valence-corrected chi connectivity index (χ1v) is 9.52. The van der Waals surface area contributed by atoms with Crippen molar-refractivity contribution in [2.75, 3.05) is 0 Å². The number of benzene rings is 2. The molecule has 0 unspecified atom stereocenters. The second-order valence-corrected chi connectivity index (χ2v) is 7.67. The summed E-state index contributed by atoms with van der Waals surface area (Å²) in [4.78, 5) is 4.97. The van der Waals surface area contributed by atoms with E-state index in [9.17, 15) is 13.0 Å². The molecule has 2 aromatic carbocycles. The Morgan fingerprint density at radius 3 is 2.52 bits per heavy atom. The fourth-order valence-corrected chi connectivity index (χ4v) is 3.57. The quantitative estimate of drug-likeness (QED) is 0.376. The Morgan fingerprint density at radius 1 is 1.16 bits per heavy atom. The van der Waals surface area contributed by atoms with Crippen LogP contribution in [-0.2, 0) is 10.1 Å². The fraction of sp³-hybridized carbons (Fsp3) is 0.0588. The average Bonchev–Trinajstić information content (AvgIpc) is 3.00. The zero-order valence-corrected chi connectivity index (χ0v) is 15.2. The number of thiol groups is 1. The van der Waals surface area contributed by atoms with E-state index in [0.717, 1.165) is 15.9 Å². The molecule has 25 heavy (non-hydrogen) atoms. The molecule has 0 saturated carbocycles. The minimum absolute atomic E-state index is 0.133. The van der Waals surface area contributed by atoms with Gasteiger partial charge in [-0.25, -0.2) is 0 Å². The van der Waals surface area contributed by atoms with E-state index in [4.69, 9.17) is 0 Å². The molecule has 0 atom stereocenters. The van der Waals surface area contributed by atoms with Crippen LogP contribution >= 0.6 is 12.6 Å². The van der Waals surface area contributed by atoms with E-state index in [1.54, 1.807) is 24.4 Å². The zero-order chi connectivity index (χ0) is 18.0.